The second kappa shape index (κ2) is 8.62. The first kappa shape index (κ1) is 15.8. The summed E-state index contributed by atoms with van der Waals surface area (Å²) in [6.07, 6.45) is 11.9. The van der Waals surface area contributed by atoms with Gasteiger partial charge in [-0.3, -0.25) is 0 Å². The van der Waals surface area contributed by atoms with Gasteiger partial charge in [-0.25, -0.2) is 4.39 Å². The Morgan fingerprint density at radius 1 is 1.05 bits per heavy atom. The normalized spacial score (nSPS) is 22.3. The minimum atomic E-state index is 0.670. The standard InChI is InChI=1S/C19H24FN/c20-14-2-1-3-16-4-6-17(7-5-16)8-9-18-10-12-19(15-21)13-11-18/h2,10-14,16-17H,1,3-9H2/t16-,17-. The number of nitrogens with zero attached hydrogens (tertiary/aromatic N) is 1. The maximum absolute atomic E-state index is 11.9. The molecular formula is C19H24FN. The van der Waals surface area contributed by atoms with E-state index in [1.54, 1.807) is 6.08 Å². The van der Waals surface area contributed by atoms with Gasteiger partial charge in [-0.05, 0) is 55.2 Å². The maximum atomic E-state index is 11.9. The Balaban J connectivity index is 1.67. The lowest BCUT2D eigenvalue weighted by atomic mass is 9.78. The molecule has 2 heteroatoms. The van der Waals surface area contributed by atoms with Crippen molar-refractivity contribution in [3.8, 4) is 6.07 Å². The number of hydrogen-bond donors (Lipinski definition) is 0. The number of hydrogen-bond acceptors (Lipinski definition) is 1. The smallest absolute Gasteiger partial charge is 0.0991 e. The molecular weight excluding hydrogens is 261 g/mol. The summed E-state index contributed by atoms with van der Waals surface area (Å²) in [6.45, 7) is 0. The Bertz CT molecular complexity index is 475. The molecule has 0 amide bonds. The van der Waals surface area contributed by atoms with Crippen LogP contribution in [-0.2, 0) is 6.42 Å². The van der Waals surface area contributed by atoms with Crippen LogP contribution in [0.25, 0.3) is 0 Å². The zero-order valence-electron chi connectivity index (χ0n) is 12.6. The molecule has 0 N–H and O–H groups in total. The summed E-state index contributed by atoms with van der Waals surface area (Å²) in [4.78, 5) is 0. The predicted octanol–water partition coefficient (Wildman–Crippen LogP) is 5.56. The molecule has 1 nitrogen and oxygen atoms in total. The van der Waals surface area contributed by atoms with E-state index in [0.29, 0.717) is 6.33 Å². The predicted molar refractivity (Wildman–Crippen MR) is 84.4 cm³/mol. The fourth-order valence-corrected chi connectivity index (χ4v) is 3.32. The topological polar surface area (TPSA) is 23.8 Å². The first-order valence-corrected chi connectivity index (χ1v) is 8.06. The Morgan fingerprint density at radius 2 is 1.67 bits per heavy atom. The van der Waals surface area contributed by atoms with Gasteiger partial charge < -0.3 is 0 Å². The van der Waals surface area contributed by atoms with Crippen molar-refractivity contribution >= 4 is 0 Å². The Labute approximate surface area is 127 Å². The molecule has 0 heterocycles. The van der Waals surface area contributed by atoms with Gasteiger partial charge in [-0.15, -0.1) is 0 Å². The fraction of sp³-hybridized carbons (Fsp3) is 0.526. The van der Waals surface area contributed by atoms with Crippen LogP contribution in [0.5, 0.6) is 0 Å². The first-order chi connectivity index (χ1) is 10.3. The zero-order chi connectivity index (χ0) is 14.9. The van der Waals surface area contributed by atoms with Crippen molar-refractivity contribution in [1.29, 1.82) is 5.26 Å². The van der Waals surface area contributed by atoms with Gasteiger partial charge in [0.2, 0.25) is 0 Å². The second-order valence-electron chi connectivity index (χ2n) is 6.17. The van der Waals surface area contributed by atoms with Crippen LogP contribution >= 0.6 is 0 Å². The fourth-order valence-electron chi connectivity index (χ4n) is 3.32. The zero-order valence-corrected chi connectivity index (χ0v) is 12.6. The van der Waals surface area contributed by atoms with Gasteiger partial charge in [0.05, 0.1) is 18.0 Å². The number of halogens is 1. The van der Waals surface area contributed by atoms with Crippen LogP contribution in [0.15, 0.2) is 36.7 Å². The molecule has 0 atom stereocenters. The number of benzene rings is 1. The Hall–Kier alpha value is -1.62. The van der Waals surface area contributed by atoms with Gasteiger partial charge in [-0.1, -0.05) is 43.9 Å². The molecule has 0 aromatic heterocycles. The lowest BCUT2D eigenvalue weighted by Gasteiger charge is -2.28. The van der Waals surface area contributed by atoms with E-state index in [2.05, 4.69) is 18.2 Å². The quantitative estimate of drug-likeness (QED) is 0.671. The van der Waals surface area contributed by atoms with Crippen LogP contribution in [0, 0.1) is 23.2 Å². The molecule has 1 fully saturated rings. The van der Waals surface area contributed by atoms with Gasteiger partial charge in [-0.2, -0.15) is 5.26 Å². The van der Waals surface area contributed by atoms with Crippen LogP contribution in [-0.4, -0.2) is 0 Å². The van der Waals surface area contributed by atoms with Crippen molar-refractivity contribution in [2.75, 3.05) is 0 Å². The van der Waals surface area contributed by atoms with E-state index >= 15 is 0 Å². The van der Waals surface area contributed by atoms with Crippen molar-refractivity contribution < 1.29 is 4.39 Å². The molecule has 0 unspecified atom stereocenters. The van der Waals surface area contributed by atoms with Crippen LogP contribution < -0.4 is 0 Å². The highest BCUT2D eigenvalue weighted by Crippen LogP contribution is 2.33. The Morgan fingerprint density at radius 3 is 2.24 bits per heavy atom. The number of aryl methyl sites for hydroxylation is 1. The molecule has 1 aromatic rings. The molecule has 0 radical (unpaired) electrons. The molecule has 1 aliphatic carbocycles. The summed E-state index contributed by atoms with van der Waals surface area (Å²) in [5.41, 5.74) is 2.07. The number of rotatable bonds is 6. The summed E-state index contributed by atoms with van der Waals surface area (Å²) in [7, 11) is 0. The molecule has 1 aromatic carbocycles. The lowest BCUT2D eigenvalue weighted by molar-refractivity contribution is 0.254. The minimum Gasteiger partial charge on any atom is -0.216 e. The van der Waals surface area contributed by atoms with Gasteiger partial charge in [0, 0.05) is 0 Å². The number of allylic oxidation sites excluding steroid dienone is 1. The molecule has 112 valence electrons. The molecule has 0 saturated heterocycles. The van der Waals surface area contributed by atoms with E-state index in [-0.39, 0.29) is 0 Å². The SMILES string of the molecule is N#Cc1ccc(CC[C@H]2CC[C@H](CCC=CF)CC2)cc1. The molecule has 0 spiro atoms. The highest BCUT2D eigenvalue weighted by atomic mass is 19.1. The highest BCUT2D eigenvalue weighted by molar-refractivity contribution is 5.31. The minimum absolute atomic E-state index is 0.670. The second-order valence-corrected chi connectivity index (χ2v) is 6.17. The van der Waals surface area contributed by atoms with Gasteiger partial charge >= 0.3 is 0 Å². The van der Waals surface area contributed by atoms with Crippen LogP contribution in [0.2, 0.25) is 0 Å². The van der Waals surface area contributed by atoms with E-state index < -0.39 is 0 Å². The molecule has 1 aliphatic rings. The van der Waals surface area contributed by atoms with Crippen LogP contribution in [0.4, 0.5) is 4.39 Å². The van der Waals surface area contributed by atoms with E-state index in [1.807, 2.05) is 12.1 Å². The van der Waals surface area contributed by atoms with Crippen molar-refractivity contribution in [2.24, 2.45) is 11.8 Å². The largest absolute Gasteiger partial charge is 0.216 e. The van der Waals surface area contributed by atoms with Gasteiger partial charge in [0.1, 0.15) is 0 Å². The molecule has 0 bridgehead atoms. The highest BCUT2D eigenvalue weighted by Gasteiger charge is 2.20. The third-order valence-electron chi connectivity index (χ3n) is 4.72. The van der Waals surface area contributed by atoms with Gasteiger partial charge in [0.15, 0.2) is 0 Å². The molecule has 0 aliphatic heterocycles. The number of nitriles is 1. The average Bonchev–Trinajstić information content (AvgIpc) is 2.55. The van der Waals surface area contributed by atoms with Crippen molar-refractivity contribution in [2.45, 2.75) is 51.4 Å². The summed E-state index contributed by atoms with van der Waals surface area (Å²) >= 11 is 0. The summed E-state index contributed by atoms with van der Waals surface area (Å²) in [6, 6.07) is 10.1. The molecule has 21 heavy (non-hydrogen) atoms. The van der Waals surface area contributed by atoms with Crippen LogP contribution in [0.1, 0.15) is 56.1 Å². The average molecular weight is 285 g/mol. The maximum Gasteiger partial charge on any atom is 0.0991 e. The Kier molecular flexibility index (Phi) is 6.47. The summed E-state index contributed by atoms with van der Waals surface area (Å²) in [5, 5.41) is 8.79. The lowest BCUT2D eigenvalue weighted by Crippen LogP contribution is -2.15. The van der Waals surface area contributed by atoms with E-state index in [9.17, 15) is 4.39 Å². The first-order valence-electron chi connectivity index (χ1n) is 8.06. The summed E-state index contributed by atoms with van der Waals surface area (Å²) < 4.78 is 11.9. The van der Waals surface area contributed by atoms with E-state index in [0.717, 1.165) is 36.7 Å². The monoisotopic (exact) mass is 285 g/mol. The third kappa shape index (κ3) is 5.34. The van der Waals surface area contributed by atoms with Gasteiger partial charge in [0.25, 0.3) is 0 Å². The van der Waals surface area contributed by atoms with E-state index in [1.165, 1.54) is 37.7 Å². The van der Waals surface area contributed by atoms with Crippen molar-refractivity contribution in [3.63, 3.8) is 0 Å². The molecule has 2 rings (SSSR count). The van der Waals surface area contributed by atoms with Crippen LogP contribution in [0.3, 0.4) is 0 Å². The van der Waals surface area contributed by atoms with E-state index in [4.69, 9.17) is 5.26 Å². The van der Waals surface area contributed by atoms with Crippen molar-refractivity contribution in [1.82, 2.24) is 0 Å². The summed E-state index contributed by atoms with van der Waals surface area (Å²) in [5.74, 6) is 1.64. The molecule has 1 saturated carbocycles. The third-order valence-corrected chi connectivity index (χ3v) is 4.72. The van der Waals surface area contributed by atoms with Crippen molar-refractivity contribution in [3.05, 3.63) is 47.8 Å².